The molecular weight excluding hydrogens is 210 g/mol. The van der Waals surface area contributed by atoms with Gasteiger partial charge in [-0.15, -0.1) is 6.58 Å². The predicted molar refractivity (Wildman–Crippen MR) is 65.4 cm³/mol. The number of rotatable bonds is 5. The Labute approximate surface area is 94.2 Å². The first-order valence-electron chi connectivity index (χ1n) is 5.17. The Balaban J connectivity index is 4.50. The Hall–Kier alpha value is -0.350. The minimum Gasteiger partial charge on any atom is -0.212 e. The van der Waals surface area contributed by atoms with E-state index >= 15 is 0 Å². The summed E-state index contributed by atoms with van der Waals surface area (Å²) in [6.07, 6.45) is 2.97. The molecule has 0 saturated carbocycles. The molecule has 4 heteroatoms. The number of hydrogen-bond donors (Lipinski definition) is 0. The molecule has 0 atom stereocenters. The van der Waals surface area contributed by atoms with Gasteiger partial charge in [-0.25, -0.2) is 8.42 Å². The van der Waals surface area contributed by atoms with E-state index in [1.807, 2.05) is 27.7 Å². The molecule has 0 saturated heterocycles. The van der Waals surface area contributed by atoms with Crippen molar-refractivity contribution < 1.29 is 8.42 Å². The van der Waals surface area contributed by atoms with Crippen LogP contribution >= 0.6 is 0 Å². The van der Waals surface area contributed by atoms with Gasteiger partial charge in [0.2, 0.25) is 10.0 Å². The molecule has 0 aromatic carbocycles. The van der Waals surface area contributed by atoms with Crippen molar-refractivity contribution in [2.24, 2.45) is 0 Å². The lowest BCUT2D eigenvalue weighted by Gasteiger charge is -2.33. The smallest absolute Gasteiger partial charge is 0.211 e. The van der Waals surface area contributed by atoms with Crippen LogP contribution in [0.15, 0.2) is 12.2 Å². The maximum atomic E-state index is 11.6. The summed E-state index contributed by atoms with van der Waals surface area (Å²) in [7, 11) is -3.12. The summed E-state index contributed by atoms with van der Waals surface area (Å²) in [5, 5.41) is 0. The van der Waals surface area contributed by atoms with Gasteiger partial charge in [-0.2, -0.15) is 4.31 Å². The summed E-state index contributed by atoms with van der Waals surface area (Å²) < 4.78 is 24.7. The Morgan fingerprint density at radius 2 is 1.80 bits per heavy atom. The van der Waals surface area contributed by atoms with Crippen LogP contribution in [0.25, 0.3) is 0 Å². The zero-order valence-electron chi connectivity index (χ0n) is 10.5. The summed E-state index contributed by atoms with van der Waals surface area (Å²) in [5.41, 5.74) is 0.750. The van der Waals surface area contributed by atoms with Gasteiger partial charge in [0, 0.05) is 12.1 Å². The van der Waals surface area contributed by atoms with Crippen LogP contribution in [0, 0.1) is 0 Å². The van der Waals surface area contributed by atoms with Gasteiger partial charge in [-0.05, 0) is 40.5 Å². The van der Waals surface area contributed by atoms with Crippen molar-refractivity contribution in [2.45, 2.75) is 46.1 Å². The minimum atomic E-state index is -3.12. The molecule has 0 aliphatic carbocycles. The molecule has 0 spiro atoms. The van der Waals surface area contributed by atoms with E-state index < -0.39 is 10.0 Å². The van der Waals surface area contributed by atoms with Crippen molar-refractivity contribution in [1.82, 2.24) is 4.31 Å². The lowest BCUT2D eigenvalue weighted by Crippen LogP contribution is -2.45. The van der Waals surface area contributed by atoms with E-state index in [9.17, 15) is 8.42 Å². The zero-order chi connectivity index (χ0) is 12.3. The quantitative estimate of drug-likeness (QED) is 0.684. The summed E-state index contributed by atoms with van der Waals surface area (Å²) in [5.74, 6) is 0. The largest absolute Gasteiger partial charge is 0.212 e. The summed E-state index contributed by atoms with van der Waals surface area (Å²) in [6, 6.07) is 0. The Kier molecular flexibility index (Phi) is 5.00. The highest BCUT2D eigenvalue weighted by Crippen LogP contribution is 2.18. The van der Waals surface area contributed by atoms with Crippen LogP contribution < -0.4 is 0 Å². The van der Waals surface area contributed by atoms with E-state index in [1.165, 1.54) is 6.26 Å². The molecule has 15 heavy (non-hydrogen) atoms. The summed E-state index contributed by atoms with van der Waals surface area (Å²) in [6.45, 7) is 12.1. The SMILES string of the molecule is C=C(C)CCCN(C(C)(C)C)S(C)(=O)=O. The molecule has 0 radical (unpaired) electrons. The molecular formula is C11H23NO2S. The van der Waals surface area contributed by atoms with Crippen LogP contribution in [-0.4, -0.2) is 31.1 Å². The summed E-state index contributed by atoms with van der Waals surface area (Å²) in [4.78, 5) is 0. The Morgan fingerprint density at radius 1 is 1.33 bits per heavy atom. The average Bonchev–Trinajstić information content (AvgIpc) is 1.92. The molecule has 0 bridgehead atoms. The van der Waals surface area contributed by atoms with Crippen LogP contribution in [0.1, 0.15) is 40.5 Å². The van der Waals surface area contributed by atoms with Gasteiger partial charge in [0.25, 0.3) is 0 Å². The minimum absolute atomic E-state index is 0.345. The highest BCUT2D eigenvalue weighted by molar-refractivity contribution is 7.88. The molecule has 0 aromatic rings. The Morgan fingerprint density at radius 3 is 2.07 bits per heavy atom. The van der Waals surface area contributed by atoms with Crippen LogP contribution in [0.5, 0.6) is 0 Å². The molecule has 0 aliphatic rings. The van der Waals surface area contributed by atoms with Gasteiger partial charge >= 0.3 is 0 Å². The first-order valence-corrected chi connectivity index (χ1v) is 7.02. The second-order valence-corrected chi connectivity index (χ2v) is 6.97. The molecule has 0 aromatic heterocycles. The highest BCUT2D eigenvalue weighted by Gasteiger charge is 2.28. The monoisotopic (exact) mass is 233 g/mol. The van der Waals surface area contributed by atoms with Crippen molar-refractivity contribution in [3.63, 3.8) is 0 Å². The third kappa shape index (κ3) is 5.95. The molecule has 0 unspecified atom stereocenters. The van der Waals surface area contributed by atoms with Crippen molar-refractivity contribution in [3.05, 3.63) is 12.2 Å². The van der Waals surface area contributed by atoms with Gasteiger partial charge in [-0.3, -0.25) is 0 Å². The third-order valence-electron chi connectivity index (χ3n) is 2.11. The molecule has 0 N–H and O–H groups in total. The van der Waals surface area contributed by atoms with Crippen LogP contribution in [0.2, 0.25) is 0 Å². The van der Waals surface area contributed by atoms with Crippen LogP contribution in [-0.2, 0) is 10.0 Å². The summed E-state index contributed by atoms with van der Waals surface area (Å²) >= 11 is 0. The number of sulfonamides is 1. The lowest BCUT2D eigenvalue weighted by atomic mass is 10.1. The van der Waals surface area contributed by atoms with Crippen molar-refractivity contribution in [1.29, 1.82) is 0 Å². The van der Waals surface area contributed by atoms with E-state index in [-0.39, 0.29) is 5.54 Å². The van der Waals surface area contributed by atoms with E-state index in [0.717, 1.165) is 18.4 Å². The van der Waals surface area contributed by atoms with E-state index in [4.69, 9.17) is 0 Å². The van der Waals surface area contributed by atoms with E-state index in [0.29, 0.717) is 6.54 Å². The van der Waals surface area contributed by atoms with E-state index in [2.05, 4.69) is 6.58 Å². The second kappa shape index (κ2) is 5.12. The van der Waals surface area contributed by atoms with Crippen molar-refractivity contribution >= 4 is 10.0 Å². The lowest BCUT2D eigenvalue weighted by molar-refractivity contribution is 0.249. The molecule has 0 amide bonds. The first-order chi connectivity index (χ1) is 6.55. The van der Waals surface area contributed by atoms with Gasteiger partial charge in [0.1, 0.15) is 0 Å². The fourth-order valence-electron chi connectivity index (χ4n) is 1.52. The number of allylic oxidation sites excluding steroid dienone is 1. The predicted octanol–water partition coefficient (Wildman–Crippen LogP) is 2.40. The van der Waals surface area contributed by atoms with Gasteiger partial charge in [0.15, 0.2) is 0 Å². The number of hydrogen-bond acceptors (Lipinski definition) is 2. The second-order valence-electron chi connectivity index (χ2n) is 5.07. The molecule has 0 heterocycles. The zero-order valence-corrected chi connectivity index (χ0v) is 11.3. The third-order valence-corrected chi connectivity index (χ3v) is 3.64. The normalized spacial score (nSPS) is 13.2. The van der Waals surface area contributed by atoms with Crippen LogP contribution in [0.4, 0.5) is 0 Å². The molecule has 0 rings (SSSR count). The van der Waals surface area contributed by atoms with Crippen LogP contribution in [0.3, 0.4) is 0 Å². The van der Waals surface area contributed by atoms with Gasteiger partial charge in [-0.1, -0.05) is 5.57 Å². The first kappa shape index (κ1) is 14.6. The highest BCUT2D eigenvalue weighted by atomic mass is 32.2. The van der Waals surface area contributed by atoms with E-state index in [1.54, 1.807) is 4.31 Å². The van der Waals surface area contributed by atoms with Crippen molar-refractivity contribution in [3.8, 4) is 0 Å². The standard InChI is InChI=1S/C11H23NO2S/c1-10(2)8-7-9-12(11(3,4)5)15(6,13)14/h1,7-9H2,2-6H3. The maximum Gasteiger partial charge on any atom is 0.211 e. The molecule has 0 aliphatic heterocycles. The fraction of sp³-hybridized carbons (Fsp3) is 0.818. The molecule has 90 valence electrons. The Bertz CT molecular complexity index is 312. The van der Waals surface area contributed by atoms with Gasteiger partial charge < -0.3 is 0 Å². The average molecular weight is 233 g/mol. The van der Waals surface area contributed by atoms with Gasteiger partial charge in [0.05, 0.1) is 6.26 Å². The molecule has 3 nitrogen and oxygen atoms in total. The molecule has 0 fully saturated rings. The maximum absolute atomic E-state index is 11.6. The topological polar surface area (TPSA) is 37.4 Å². The van der Waals surface area contributed by atoms with Crippen molar-refractivity contribution in [2.75, 3.05) is 12.8 Å². The fourth-order valence-corrected chi connectivity index (χ4v) is 2.98. The number of nitrogens with zero attached hydrogens (tertiary/aromatic N) is 1.